The molecule has 0 saturated carbocycles. The summed E-state index contributed by atoms with van der Waals surface area (Å²) in [5, 5.41) is 18.4. The predicted octanol–water partition coefficient (Wildman–Crippen LogP) is 11.0. The molecule has 1 fully saturated rings. The van der Waals surface area contributed by atoms with Gasteiger partial charge in [0.05, 0.1) is 6.04 Å². The lowest BCUT2D eigenvalue weighted by Crippen LogP contribution is -2.48. The fraction of sp³-hybridized carbons (Fsp3) is 0.483. The fourth-order valence-corrected chi connectivity index (χ4v) is 14.8. The number of amides is 7. The number of carbonyl (C=O) groups is 9. The summed E-state index contributed by atoms with van der Waals surface area (Å²) in [6, 6.07) is 33.7. The van der Waals surface area contributed by atoms with Crippen molar-refractivity contribution in [2.24, 2.45) is 5.73 Å². The molecule has 1 heterocycles. The van der Waals surface area contributed by atoms with Crippen LogP contribution in [0.25, 0.3) is 0 Å². The van der Waals surface area contributed by atoms with Crippen LogP contribution in [0, 0.1) is 20.8 Å². The predicted molar refractivity (Wildman–Crippen MR) is 495 cm³/mol. The molecule has 1 aliphatic rings. The van der Waals surface area contributed by atoms with Crippen LogP contribution < -0.4 is 74.8 Å². The van der Waals surface area contributed by atoms with E-state index in [1.807, 2.05) is 85.8 Å². The maximum absolute atomic E-state index is 12.6. The van der Waals surface area contributed by atoms with E-state index in [2.05, 4.69) is 197 Å². The van der Waals surface area contributed by atoms with Gasteiger partial charge in [-0.1, -0.05) is 138 Å². The van der Waals surface area contributed by atoms with Gasteiger partial charge in [0.2, 0.25) is 74.6 Å². The van der Waals surface area contributed by atoms with Crippen LogP contribution in [0.2, 0.25) is 72.5 Å². The largest absolute Gasteiger partial charge is 0.716 e. The summed E-state index contributed by atoms with van der Waals surface area (Å²) in [5.41, 5.74) is 18.0. The van der Waals surface area contributed by atoms with Crippen LogP contribution in [0.5, 0.6) is 34.5 Å². The third-order valence-corrected chi connectivity index (χ3v) is 39.5. The summed E-state index contributed by atoms with van der Waals surface area (Å²) in [5.74, 6) is -1.69. The zero-order chi connectivity index (χ0) is 96.8. The molecular weight excluding hydrogens is 1750 g/mol. The first-order chi connectivity index (χ1) is 58.3. The van der Waals surface area contributed by atoms with Gasteiger partial charge in [0.25, 0.3) is 20.8 Å². The van der Waals surface area contributed by atoms with Crippen molar-refractivity contribution in [1.82, 2.24) is 26.6 Å². The molecule has 0 bridgehead atoms. The molecule has 6 aromatic carbocycles. The van der Waals surface area contributed by atoms with Gasteiger partial charge in [0.15, 0.2) is 0 Å². The van der Waals surface area contributed by atoms with Crippen molar-refractivity contribution in [2.45, 2.75) is 214 Å². The molecule has 11 N–H and O–H groups in total. The topological polar surface area (TPSA) is 497 Å². The van der Waals surface area contributed by atoms with E-state index in [-0.39, 0.29) is 82.0 Å². The van der Waals surface area contributed by atoms with Gasteiger partial charge in [0, 0.05) is 69.2 Å². The number of aryl methyl sites for hydroxylation is 3. The third kappa shape index (κ3) is 40.4. The monoisotopic (exact) mass is 1880 g/mol. The molecule has 127 heavy (non-hydrogen) atoms. The SMILES string of the molecule is CNC(=O)C(Cc1ccc(OS(=O)(=O)[O-])cc1)NC(=O)COCC(=O)Nc1ccc(C)c(OS(=O)(=O)[O-])c1.CNC(=O)C(Cc1ccc(O[Si](C)(C)C(C)(C)C)cc1)NC(=O)COCC(=O)Nc1ccc(C)c(O[Si](C)(C)C(C)(C)C)c1.CNC(=O)C(N)Cc1ccc(O[Si](C)(C)C(C)(C)C)cc1.Cc1ccc(N)cc1O[Si](C)(C)C(C)(C)C.O=C1COCC(=O)O1. The standard InChI is InChI=1S/C33H53N3O6Si2.C21H25N3O12S2.C16H28N2O2Si.C13H23NOSi.C4H4O4/c1-23-13-16-25(20-28(23)42-44(11,12)33(5,6)7)35-29(37)21-40-22-30(38)36-27(31(39)34-8)19-24-14-17-26(18-15-24)41-43(9,10)32(2,3)4;1-13-3-6-15(10-18(13)36-38(31,32)33)23-19(25)11-34-12-20(26)24-17(21(27)22-2)9-14-4-7-16(8-5-14)35-37(28,29)30;1-16(2,3)21(5,6)20-13-9-7-12(8-10-13)11-14(17)15(19)18-4;1-10-7-8-11(14)9-12(10)15-16(5,6)13(2,3)4;5-3-1-7-2-4(6)8-3/h13-18,20,27H,19,21-22H2,1-12H3,(H,34,39)(H,35,37)(H,36,38);3-8,10,17H,9,11-12H2,1-2H3,(H,22,27)(H,23,25)(H,24,26)(H,28,29,30)(H,31,32,33);7-10,14H,11,17H2,1-6H3,(H,18,19);7-9H,14H2,1-6H3;1-2H2/p-2. The summed E-state index contributed by atoms with van der Waals surface area (Å²) in [6.07, 6.45) is 0.812. The lowest BCUT2D eigenvalue weighted by Gasteiger charge is -2.37. The molecule has 0 aromatic heterocycles. The van der Waals surface area contributed by atoms with Crippen LogP contribution in [0.4, 0.5) is 17.1 Å². The average molecular weight is 1880 g/mol. The number of hydrogen-bond donors (Lipinski definition) is 9. The summed E-state index contributed by atoms with van der Waals surface area (Å²) < 4.78 is 117. The number of nitrogens with two attached hydrogens (primary N) is 2. The quantitative estimate of drug-likeness (QED) is 0.00461. The van der Waals surface area contributed by atoms with Crippen LogP contribution in [-0.2, 0) is 102 Å². The van der Waals surface area contributed by atoms with Crippen molar-refractivity contribution < 1.29 is 114 Å². The first-order valence-corrected chi connectivity index (χ1v) is 55.1. The second-order valence-electron chi connectivity index (χ2n) is 36.1. The lowest BCUT2D eigenvalue weighted by atomic mass is 10.1. The molecule has 3 atom stereocenters. The third-order valence-electron chi connectivity index (χ3n) is 21.3. The highest BCUT2D eigenvalue weighted by atomic mass is 32.3. The van der Waals surface area contributed by atoms with Crippen LogP contribution >= 0.6 is 0 Å². The van der Waals surface area contributed by atoms with E-state index in [1.54, 1.807) is 13.1 Å². The van der Waals surface area contributed by atoms with Gasteiger partial charge in [-0.15, -0.1) is 0 Å². The fourth-order valence-electron chi connectivity index (χ4n) is 9.84. The molecule has 1 aliphatic heterocycles. The van der Waals surface area contributed by atoms with Gasteiger partial charge in [-0.25, -0.2) is 26.4 Å². The number of likely N-dealkylation sites (N-methyl/N-ethyl adjacent to an activating group) is 3. The Kier molecular flexibility index (Phi) is 42.3. The van der Waals surface area contributed by atoms with Gasteiger partial charge >= 0.3 is 11.9 Å². The van der Waals surface area contributed by atoms with E-state index in [0.29, 0.717) is 29.7 Å². The van der Waals surface area contributed by atoms with Crippen LogP contribution in [0.3, 0.4) is 0 Å². The number of esters is 2. The number of anilines is 3. The molecule has 6 aromatic rings. The summed E-state index contributed by atoms with van der Waals surface area (Å²) in [4.78, 5) is 106. The molecule has 0 radical (unpaired) electrons. The first-order valence-electron chi connectivity index (χ1n) is 40.8. The highest BCUT2D eigenvalue weighted by Gasteiger charge is 2.42. The van der Waals surface area contributed by atoms with E-state index in [1.165, 1.54) is 57.4 Å². The Morgan fingerprint density at radius 1 is 0.417 bits per heavy atom. The number of rotatable bonds is 33. The van der Waals surface area contributed by atoms with Crippen molar-refractivity contribution in [3.63, 3.8) is 0 Å². The summed E-state index contributed by atoms with van der Waals surface area (Å²) >= 11 is 0. The van der Waals surface area contributed by atoms with Crippen LogP contribution in [-0.4, -0.2) is 191 Å². The van der Waals surface area contributed by atoms with Gasteiger partial charge in [-0.05, 0) is 188 Å². The Bertz CT molecular complexity index is 4930. The van der Waals surface area contributed by atoms with Crippen LogP contribution in [0.1, 0.15) is 116 Å². The molecule has 1 saturated heterocycles. The molecule has 7 rings (SSSR count). The zero-order valence-electron chi connectivity index (χ0n) is 77.9. The summed E-state index contributed by atoms with van der Waals surface area (Å²) in [7, 11) is -13.1. The minimum Gasteiger partial charge on any atom is -0.716 e. The van der Waals surface area contributed by atoms with Gasteiger partial charge in [-0.2, -0.15) is 0 Å². The van der Waals surface area contributed by atoms with Crippen molar-refractivity contribution in [2.75, 3.05) is 77.2 Å². The summed E-state index contributed by atoms with van der Waals surface area (Å²) in [6.45, 7) is 47.6. The van der Waals surface area contributed by atoms with Gasteiger partial charge < -0.3 is 103 Å². The molecule has 40 heteroatoms. The lowest BCUT2D eigenvalue weighted by molar-refractivity contribution is -0.174. The Morgan fingerprint density at radius 2 is 0.724 bits per heavy atom. The first kappa shape index (κ1) is 111. The highest BCUT2D eigenvalue weighted by Crippen LogP contribution is 2.42. The van der Waals surface area contributed by atoms with Gasteiger partial charge in [-0.3, -0.25) is 33.6 Å². The second-order valence-corrected chi connectivity index (χ2v) is 56.9. The van der Waals surface area contributed by atoms with E-state index in [9.17, 15) is 69.1 Å². The Balaban J connectivity index is 0.000000448. The van der Waals surface area contributed by atoms with E-state index >= 15 is 0 Å². The van der Waals surface area contributed by atoms with Crippen molar-refractivity contribution >= 4 is 124 Å². The number of ether oxygens (including phenoxy) is 4. The average Bonchev–Trinajstić information content (AvgIpc) is 0.818. The zero-order valence-corrected chi connectivity index (χ0v) is 83.5. The molecular formula is C87H131N9O25S2Si4-2. The smallest absolute Gasteiger partial charge is 0.339 e. The molecule has 704 valence electrons. The van der Waals surface area contributed by atoms with E-state index in [0.717, 1.165) is 57.0 Å². The minimum atomic E-state index is -5.01. The molecule has 7 amide bonds. The molecule has 0 aliphatic carbocycles. The van der Waals surface area contributed by atoms with E-state index < -0.39 is 127 Å². The number of nitrogen functional groups attached to an aromatic ring is 1. The molecule has 0 spiro atoms. The molecule has 3 unspecified atom stereocenters. The maximum Gasteiger partial charge on any atom is 0.339 e. The van der Waals surface area contributed by atoms with Gasteiger partial charge in [0.1, 0.15) is 86.2 Å². The second kappa shape index (κ2) is 48.3. The van der Waals surface area contributed by atoms with Crippen LogP contribution in [0.15, 0.2) is 127 Å². The number of benzene rings is 6. The number of carbonyl (C=O) groups excluding carboxylic acids is 9. The number of hydrogen-bond acceptors (Lipinski definition) is 27. The normalized spacial score (nSPS) is 13.3. The number of cyclic esters (lactones) is 2. The minimum absolute atomic E-state index is 0.00673. The highest BCUT2D eigenvalue weighted by molar-refractivity contribution is 7.81. The molecule has 34 nitrogen and oxygen atoms in total. The Hall–Kier alpha value is -10.1. The van der Waals surface area contributed by atoms with Crippen molar-refractivity contribution in [3.8, 4) is 34.5 Å². The van der Waals surface area contributed by atoms with Crippen molar-refractivity contribution in [3.05, 3.63) is 161 Å². The Morgan fingerprint density at radius 3 is 1.06 bits per heavy atom. The van der Waals surface area contributed by atoms with Crippen molar-refractivity contribution in [1.29, 1.82) is 0 Å². The van der Waals surface area contributed by atoms with E-state index in [4.69, 9.17) is 38.6 Å². The maximum atomic E-state index is 12.6. The number of nitrogens with one attached hydrogen (secondary N) is 7. The Labute approximate surface area is 752 Å².